The van der Waals surface area contributed by atoms with Crippen molar-refractivity contribution in [3.63, 3.8) is 0 Å². The molecule has 0 bridgehead atoms. The Labute approximate surface area is 121 Å². The van der Waals surface area contributed by atoms with Gasteiger partial charge >= 0.3 is 0 Å². The minimum Gasteiger partial charge on any atom is -0.366 e. The summed E-state index contributed by atoms with van der Waals surface area (Å²) in [6.45, 7) is 6.12. The fraction of sp³-hybridized carbons (Fsp3) is 0.308. The average molecular weight is 322 g/mol. The molecule has 0 amide bonds. The minimum atomic E-state index is 0.305. The van der Waals surface area contributed by atoms with Crippen LogP contribution in [-0.4, -0.2) is 21.2 Å². The summed E-state index contributed by atoms with van der Waals surface area (Å²) in [6.07, 6.45) is 1.61. The third kappa shape index (κ3) is 3.89. The molecule has 2 rings (SSSR count). The number of aryl methyl sites for hydroxylation is 1. The minimum absolute atomic E-state index is 0.305. The molecule has 2 aromatic rings. The van der Waals surface area contributed by atoms with Gasteiger partial charge in [-0.1, -0.05) is 15.9 Å². The molecular weight excluding hydrogens is 306 g/mol. The summed E-state index contributed by atoms with van der Waals surface area (Å²) >= 11 is 3.44. The topological polar surface area (TPSA) is 62.7 Å². The molecule has 1 heterocycles. The van der Waals surface area contributed by atoms with E-state index in [1.165, 1.54) is 0 Å². The van der Waals surface area contributed by atoms with Gasteiger partial charge in [0.1, 0.15) is 0 Å². The van der Waals surface area contributed by atoms with Crippen LogP contribution in [0.2, 0.25) is 0 Å². The molecule has 0 saturated heterocycles. The highest BCUT2D eigenvalue weighted by Crippen LogP contribution is 2.22. The van der Waals surface area contributed by atoms with Crippen molar-refractivity contribution in [2.45, 2.75) is 26.8 Å². The van der Waals surface area contributed by atoms with E-state index in [-0.39, 0.29) is 0 Å². The summed E-state index contributed by atoms with van der Waals surface area (Å²) in [4.78, 5) is 4.36. The number of aromatic nitrogens is 3. The van der Waals surface area contributed by atoms with E-state index in [1.54, 1.807) is 6.20 Å². The molecule has 2 N–H and O–H groups in total. The maximum atomic E-state index is 4.36. The third-order valence-electron chi connectivity index (χ3n) is 2.43. The van der Waals surface area contributed by atoms with Crippen LogP contribution in [0.15, 0.2) is 28.9 Å². The second-order valence-electron chi connectivity index (χ2n) is 4.55. The molecule has 0 aliphatic rings. The maximum absolute atomic E-state index is 4.36. The zero-order valence-electron chi connectivity index (χ0n) is 11.1. The van der Waals surface area contributed by atoms with Crippen molar-refractivity contribution < 1.29 is 0 Å². The number of hydrogen-bond acceptors (Lipinski definition) is 5. The number of hydrogen-bond donors (Lipinski definition) is 2. The van der Waals surface area contributed by atoms with Crippen molar-refractivity contribution in [3.8, 4) is 0 Å². The van der Waals surface area contributed by atoms with Crippen molar-refractivity contribution in [3.05, 3.63) is 34.4 Å². The highest BCUT2D eigenvalue weighted by Gasteiger charge is 2.04. The first-order chi connectivity index (χ1) is 9.04. The van der Waals surface area contributed by atoms with Gasteiger partial charge < -0.3 is 10.6 Å². The molecule has 6 heteroatoms. The fourth-order valence-corrected chi connectivity index (χ4v) is 2.09. The highest BCUT2D eigenvalue weighted by molar-refractivity contribution is 9.10. The number of anilines is 3. The zero-order valence-corrected chi connectivity index (χ0v) is 12.7. The molecule has 0 saturated carbocycles. The van der Waals surface area contributed by atoms with Crippen molar-refractivity contribution in [2.75, 3.05) is 10.6 Å². The Morgan fingerprint density at radius 2 is 2.05 bits per heavy atom. The van der Waals surface area contributed by atoms with Crippen LogP contribution in [-0.2, 0) is 0 Å². The second kappa shape index (κ2) is 5.97. The molecule has 5 nitrogen and oxygen atoms in total. The number of benzene rings is 1. The summed E-state index contributed by atoms with van der Waals surface area (Å²) < 4.78 is 1.05. The van der Waals surface area contributed by atoms with Gasteiger partial charge in [-0.15, -0.1) is 5.10 Å². The van der Waals surface area contributed by atoms with Crippen molar-refractivity contribution in [1.82, 2.24) is 15.2 Å². The Kier molecular flexibility index (Phi) is 4.31. The van der Waals surface area contributed by atoms with Crippen molar-refractivity contribution in [1.29, 1.82) is 0 Å². The van der Waals surface area contributed by atoms with E-state index in [0.717, 1.165) is 15.7 Å². The lowest BCUT2D eigenvalue weighted by atomic mass is 10.2. The molecule has 0 atom stereocenters. The van der Waals surface area contributed by atoms with E-state index in [0.29, 0.717) is 17.8 Å². The summed E-state index contributed by atoms with van der Waals surface area (Å²) in [6, 6.07) is 6.29. The Morgan fingerprint density at radius 3 is 2.74 bits per heavy atom. The predicted molar refractivity (Wildman–Crippen MR) is 80.7 cm³/mol. The van der Waals surface area contributed by atoms with Crippen LogP contribution in [0, 0.1) is 6.92 Å². The Morgan fingerprint density at radius 1 is 1.26 bits per heavy atom. The molecule has 0 spiro atoms. The lowest BCUT2D eigenvalue weighted by molar-refractivity contribution is 0.873. The number of nitrogens with zero attached hydrogens (tertiary/aromatic N) is 3. The molecule has 19 heavy (non-hydrogen) atoms. The van der Waals surface area contributed by atoms with E-state index in [1.807, 2.05) is 39.0 Å². The number of halogens is 1. The number of rotatable bonds is 4. The lowest BCUT2D eigenvalue weighted by Crippen LogP contribution is -2.12. The first kappa shape index (κ1) is 13.7. The molecule has 0 unspecified atom stereocenters. The lowest BCUT2D eigenvalue weighted by Gasteiger charge is -2.11. The summed E-state index contributed by atoms with van der Waals surface area (Å²) in [5.41, 5.74) is 2.08. The molecule has 1 aromatic heterocycles. The van der Waals surface area contributed by atoms with Crippen LogP contribution >= 0.6 is 15.9 Å². The van der Waals surface area contributed by atoms with Crippen LogP contribution in [0.1, 0.15) is 19.4 Å². The van der Waals surface area contributed by atoms with Gasteiger partial charge in [-0.25, -0.2) is 0 Å². The third-order valence-corrected chi connectivity index (χ3v) is 2.92. The van der Waals surface area contributed by atoms with Gasteiger partial charge in [0.2, 0.25) is 5.95 Å². The van der Waals surface area contributed by atoms with E-state index in [9.17, 15) is 0 Å². The molecule has 100 valence electrons. The van der Waals surface area contributed by atoms with Gasteiger partial charge in [-0.3, -0.25) is 0 Å². The Balaban J connectivity index is 2.18. The normalized spacial score (nSPS) is 10.6. The largest absolute Gasteiger partial charge is 0.366 e. The van der Waals surface area contributed by atoms with Crippen LogP contribution < -0.4 is 10.6 Å². The molecule has 0 aliphatic heterocycles. The first-order valence-corrected chi connectivity index (χ1v) is 6.83. The standard InChI is InChI=1S/C13H16BrN5/c1-8(2)16-12-7-15-19-13(18-12)17-11-5-4-10(14)6-9(11)3/h4-8H,1-3H3,(H2,16,17,18,19). The van der Waals surface area contributed by atoms with Gasteiger partial charge in [-0.2, -0.15) is 10.1 Å². The van der Waals surface area contributed by atoms with Crippen molar-refractivity contribution in [2.24, 2.45) is 0 Å². The Hall–Kier alpha value is -1.69. The highest BCUT2D eigenvalue weighted by atomic mass is 79.9. The molecule has 0 radical (unpaired) electrons. The van der Waals surface area contributed by atoms with Crippen LogP contribution in [0.4, 0.5) is 17.5 Å². The fourth-order valence-electron chi connectivity index (χ4n) is 1.61. The SMILES string of the molecule is Cc1cc(Br)ccc1Nc1nncc(NC(C)C)n1. The predicted octanol–water partition coefficient (Wildman–Crippen LogP) is 3.51. The second-order valence-corrected chi connectivity index (χ2v) is 5.46. The monoisotopic (exact) mass is 321 g/mol. The van der Waals surface area contributed by atoms with Gasteiger partial charge in [0.25, 0.3) is 0 Å². The van der Waals surface area contributed by atoms with E-state index in [4.69, 9.17) is 0 Å². The van der Waals surface area contributed by atoms with Gasteiger partial charge in [0.15, 0.2) is 5.82 Å². The zero-order chi connectivity index (χ0) is 13.8. The van der Waals surface area contributed by atoms with Gasteiger partial charge in [0, 0.05) is 16.2 Å². The first-order valence-electron chi connectivity index (χ1n) is 6.04. The average Bonchev–Trinajstić information content (AvgIpc) is 2.32. The molecule has 0 fully saturated rings. The molecular formula is C13H16BrN5. The number of nitrogens with one attached hydrogen (secondary N) is 2. The van der Waals surface area contributed by atoms with Crippen LogP contribution in [0.25, 0.3) is 0 Å². The van der Waals surface area contributed by atoms with Crippen LogP contribution in [0.3, 0.4) is 0 Å². The van der Waals surface area contributed by atoms with Gasteiger partial charge in [0.05, 0.1) is 6.20 Å². The van der Waals surface area contributed by atoms with Gasteiger partial charge in [-0.05, 0) is 44.5 Å². The summed E-state index contributed by atoms with van der Waals surface area (Å²) in [5.74, 6) is 1.19. The Bertz CT molecular complexity index is 571. The van der Waals surface area contributed by atoms with Crippen LogP contribution in [0.5, 0.6) is 0 Å². The quantitative estimate of drug-likeness (QED) is 0.902. The van der Waals surface area contributed by atoms with E-state index >= 15 is 0 Å². The van der Waals surface area contributed by atoms with E-state index < -0.39 is 0 Å². The molecule has 1 aromatic carbocycles. The smallest absolute Gasteiger partial charge is 0.249 e. The summed E-state index contributed by atoms with van der Waals surface area (Å²) in [5, 5.41) is 14.3. The molecule has 0 aliphatic carbocycles. The van der Waals surface area contributed by atoms with Crippen molar-refractivity contribution >= 4 is 33.4 Å². The maximum Gasteiger partial charge on any atom is 0.249 e. The summed E-state index contributed by atoms with van der Waals surface area (Å²) in [7, 11) is 0. The van der Waals surface area contributed by atoms with E-state index in [2.05, 4.69) is 41.7 Å².